The first-order valence-corrected chi connectivity index (χ1v) is 15.5. The molecule has 15 nitrogen and oxygen atoms in total. The van der Waals surface area contributed by atoms with E-state index in [0.717, 1.165) is 10.6 Å². The smallest absolute Gasteiger partial charge is 0.335 e. The Morgan fingerprint density at radius 3 is 2.27 bits per heavy atom. The Hall–Kier alpha value is -3.58. The number of ether oxygens (including phenoxy) is 2. The Balaban J connectivity index is 1.80. The molecule has 1 fully saturated rings. The standard InChI is InChI=1S/C28H36FN3O12S/c1-13(2)20-18(21(14-5-7-15(29)8-6-14)31-28(30-20)32(3)45(4,41)42)10-9-16(33)11-17(34)12-19(35)43-27-24(38)22(36)23(37)25(44-27)26(39)40/h5-10,13,16-17,22-25,27,33-34,36-38H,11-12H2,1-4H3,(H,39,40)/b10-9+/t16-,17-,22+,23+,24-,25+,27-/m1/s1. The number of aliphatic hydroxyl groups is 5. The highest BCUT2D eigenvalue weighted by Gasteiger charge is 2.48. The van der Waals surface area contributed by atoms with Gasteiger partial charge in [-0.25, -0.2) is 31.9 Å². The van der Waals surface area contributed by atoms with E-state index >= 15 is 0 Å². The van der Waals surface area contributed by atoms with Crippen molar-refractivity contribution in [3.63, 3.8) is 0 Å². The number of carbonyl (C=O) groups is 2. The fourth-order valence-electron chi connectivity index (χ4n) is 4.36. The van der Waals surface area contributed by atoms with E-state index in [2.05, 4.69) is 9.97 Å². The summed E-state index contributed by atoms with van der Waals surface area (Å²) in [6, 6.07) is 5.29. The molecule has 7 atom stereocenters. The molecule has 1 aliphatic rings. The highest BCUT2D eigenvalue weighted by atomic mass is 32.2. The quantitative estimate of drug-likeness (QED) is 0.162. The lowest BCUT2D eigenvalue weighted by molar-refractivity contribution is -0.286. The average Bonchev–Trinajstić information content (AvgIpc) is 2.95. The zero-order valence-corrected chi connectivity index (χ0v) is 25.6. The highest BCUT2D eigenvalue weighted by molar-refractivity contribution is 7.92. The number of halogens is 1. The number of benzene rings is 1. The molecule has 0 unspecified atom stereocenters. The Kier molecular flexibility index (Phi) is 11.7. The molecule has 0 saturated carbocycles. The number of carbonyl (C=O) groups excluding carboxylic acids is 1. The second kappa shape index (κ2) is 14.7. The number of sulfonamides is 1. The summed E-state index contributed by atoms with van der Waals surface area (Å²) in [5, 5.41) is 59.7. The molecule has 6 N–H and O–H groups in total. The van der Waals surface area contributed by atoms with Crippen LogP contribution in [-0.4, -0.2) is 117 Å². The molecule has 2 heterocycles. The van der Waals surface area contributed by atoms with Crippen molar-refractivity contribution in [3.05, 3.63) is 47.4 Å². The third-order valence-electron chi connectivity index (χ3n) is 6.87. The summed E-state index contributed by atoms with van der Waals surface area (Å²) in [5.74, 6) is -3.74. The number of hydrogen-bond acceptors (Lipinski definition) is 13. The van der Waals surface area contributed by atoms with Crippen molar-refractivity contribution in [2.75, 3.05) is 17.6 Å². The molecule has 0 radical (unpaired) electrons. The number of aliphatic carboxylic acids is 1. The third kappa shape index (κ3) is 9.00. The lowest BCUT2D eigenvalue weighted by Crippen LogP contribution is -2.60. The molecule has 0 aliphatic carbocycles. The van der Waals surface area contributed by atoms with E-state index in [1.807, 2.05) is 0 Å². The second-order valence-corrected chi connectivity index (χ2v) is 12.8. The number of aliphatic hydroxyl groups excluding tert-OH is 5. The van der Waals surface area contributed by atoms with Crippen molar-refractivity contribution < 1.29 is 62.5 Å². The monoisotopic (exact) mass is 657 g/mol. The number of carboxylic acids is 1. The first-order chi connectivity index (χ1) is 20.9. The number of anilines is 1. The van der Waals surface area contributed by atoms with Crippen LogP contribution in [0.2, 0.25) is 0 Å². The molecule has 0 spiro atoms. The van der Waals surface area contributed by atoms with E-state index in [0.29, 0.717) is 16.8 Å². The lowest BCUT2D eigenvalue weighted by Gasteiger charge is -2.38. The number of aromatic nitrogens is 2. The van der Waals surface area contributed by atoms with Gasteiger partial charge in [-0.15, -0.1) is 0 Å². The van der Waals surface area contributed by atoms with E-state index in [4.69, 9.17) is 14.6 Å². The van der Waals surface area contributed by atoms with Gasteiger partial charge in [0, 0.05) is 24.6 Å². The molecular formula is C28H36FN3O12S. The van der Waals surface area contributed by atoms with Crippen LogP contribution in [0.25, 0.3) is 17.3 Å². The predicted molar refractivity (Wildman–Crippen MR) is 155 cm³/mol. The number of rotatable bonds is 12. The molecule has 1 aromatic heterocycles. The number of esters is 1. The van der Waals surface area contributed by atoms with Crippen LogP contribution in [0, 0.1) is 5.82 Å². The van der Waals surface area contributed by atoms with Gasteiger partial charge >= 0.3 is 11.9 Å². The van der Waals surface area contributed by atoms with Crippen LogP contribution in [0.5, 0.6) is 0 Å². The maximum Gasteiger partial charge on any atom is 0.335 e. The van der Waals surface area contributed by atoms with Gasteiger partial charge in [0.25, 0.3) is 0 Å². The summed E-state index contributed by atoms with van der Waals surface area (Å²) in [5.41, 5.74) is 1.45. The minimum atomic E-state index is -3.74. The van der Waals surface area contributed by atoms with Gasteiger partial charge in [-0.2, -0.15) is 0 Å². The summed E-state index contributed by atoms with van der Waals surface area (Å²) in [6.07, 6.45) is -10.1. The minimum Gasteiger partial charge on any atom is -0.479 e. The Morgan fingerprint density at radius 1 is 1.09 bits per heavy atom. The molecule has 45 heavy (non-hydrogen) atoms. The minimum absolute atomic E-state index is 0.129. The van der Waals surface area contributed by atoms with Gasteiger partial charge in [0.1, 0.15) is 24.1 Å². The van der Waals surface area contributed by atoms with Gasteiger partial charge in [-0.05, 0) is 30.2 Å². The van der Waals surface area contributed by atoms with Crippen molar-refractivity contribution in [2.45, 2.75) is 75.5 Å². The van der Waals surface area contributed by atoms with Crippen LogP contribution in [-0.2, 0) is 29.1 Å². The molecule has 17 heteroatoms. The van der Waals surface area contributed by atoms with Crippen LogP contribution >= 0.6 is 0 Å². The first-order valence-electron chi connectivity index (χ1n) is 13.7. The number of nitrogens with zero attached hydrogens (tertiary/aromatic N) is 3. The highest BCUT2D eigenvalue weighted by Crippen LogP contribution is 2.32. The molecular weight excluding hydrogens is 621 g/mol. The van der Waals surface area contributed by atoms with Crippen LogP contribution in [0.3, 0.4) is 0 Å². The summed E-state index contributed by atoms with van der Waals surface area (Å²) in [4.78, 5) is 32.4. The van der Waals surface area contributed by atoms with E-state index < -0.39 is 83.5 Å². The second-order valence-electron chi connectivity index (χ2n) is 10.8. The van der Waals surface area contributed by atoms with Crippen molar-refractivity contribution in [3.8, 4) is 11.3 Å². The van der Waals surface area contributed by atoms with E-state index in [1.165, 1.54) is 43.5 Å². The molecule has 0 amide bonds. The SMILES string of the molecule is CC(C)c1nc(N(C)S(C)(=O)=O)nc(-c2ccc(F)cc2)c1/C=C/[C@@H](O)C[C@@H](O)CC(=O)O[C@@H]1O[C@H](C(=O)O)[C@@H](O)[C@H](O)[C@H]1O. The lowest BCUT2D eigenvalue weighted by atomic mass is 9.97. The van der Waals surface area contributed by atoms with E-state index in [-0.39, 0.29) is 17.6 Å². The zero-order valence-electron chi connectivity index (χ0n) is 24.8. The molecule has 2 aromatic rings. The summed E-state index contributed by atoms with van der Waals surface area (Å²) in [6.45, 7) is 3.60. The summed E-state index contributed by atoms with van der Waals surface area (Å²) in [7, 11) is -2.45. The van der Waals surface area contributed by atoms with Crippen molar-refractivity contribution in [1.82, 2.24) is 9.97 Å². The molecule has 3 rings (SSSR count). The summed E-state index contributed by atoms with van der Waals surface area (Å²) >= 11 is 0. The van der Waals surface area contributed by atoms with Gasteiger partial charge in [0.15, 0.2) is 6.10 Å². The van der Waals surface area contributed by atoms with Crippen LogP contribution in [0.15, 0.2) is 30.3 Å². The average molecular weight is 658 g/mol. The molecule has 1 saturated heterocycles. The Morgan fingerprint density at radius 2 is 1.71 bits per heavy atom. The molecule has 1 aliphatic heterocycles. The Bertz CT molecular complexity index is 1500. The van der Waals surface area contributed by atoms with Gasteiger partial charge in [0.2, 0.25) is 22.3 Å². The number of carboxylic acid groups (broad SMARTS) is 1. The fraction of sp³-hybridized carbons (Fsp3) is 0.500. The first kappa shape index (κ1) is 35.9. The van der Waals surface area contributed by atoms with Gasteiger partial charge in [0.05, 0.1) is 36.3 Å². The largest absolute Gasteiger partial charge is 0.479 e. The number of hydrogen-bond donors (Lipinski definition) is 6. The Labute approximate surface area is 258 Å². The van der Waals surface area contributed by atoms with Crippen LogP contribution < -0.4 is 4.31 Å². The van der Waals surface area contributed by atoms with Crippen molar-refractivity contribution in [1.29, 1.82) is 0 Å². The molecule has 1 aromatic carbocycles. The van der Waals surface area contributed by atoms with Crippen molar-refractivity contribution in [2.24, 2.45) is 0 Å². The summed E-state index contributed by atoms with van der Waals surface area (Å²) < 4.78 is 48.7. The molecule has 0 bridgehead atoms. The van der Waals surface area contributed by atoms with E-state index in [1.54, 1.807) is 13.8 Å². The maximum absolute atomic E-state index is 13.7. The van der Waals surface area contributed by atoms with Crippen molar-refractivity contribution >= 4 is 34.0 Å². The molecule has 248 valence electrons. The van der Waals surface area contributed by atoms with E-state index in [9.17, 15) is 47.9 Å². The normalized spacial score (nSPS) is 23.6. The van der Waals surface area contributed by atoms with Gasteiger partial charge in [-0.3, -0.25) is 4.79 Å². The predicted octanol–water partition coefficient (Wildman–Crippen LogP) is -0.247. The zero-order chi connectivity index (χ0) is 33.8. The topological polar surface area (TPSA) is 237 Å². The van der Waals surface area contributed by atoms with Gasteiger partial charge < -0.3 is 40.1 Å². The van der Waals surface area contributed by atoms with Crippen LogP contribution in [0.1, 0.15) is 43.9 Å². The van der Waals surface area contributed by atoms with Crippen LogP contribution in [0.4, 0.5) is 10.3 Å². The fourth-order valence-corrected chi connectivity index (χ4v) is 4.74. The third-order valence-corrected chi connectivity index (χ3v) is 8.03. The maximum atomic E-state index is 13.7. The van der Waals surface area contributed by atoms with Gasteiger partial charge in [-0.1, -0.05) is 26.0 Å².